The molecule has 4 aromatic rings. The summed E-state index contributed by atoms with van der Waals surface area (Å²) in [5.74, 6) is 0.523. The van der Waals surface area contributed by atoms with Gasteiger partial charge in [0.2, 0.25) is 0 Å². The molecule has 3 aliphatic rings. The molecular formula is C43H50O6. The maximum Gasteiger partial charge on any atom is 0.186 e. The van der Waals surface area contributed by atoms with E-state index in [1.165, 1.54) is 54.4 Å². The Balaban J connectivity index is 1.23. The average molecular weight is 663 g/mol. The molecule has 2 fully saturated rings. The molecule has 0 aromatic heterocycles. The highest BCUT2D eigenvalue weighted by Crippen LogP contribution is 2.33. The van der Waals surface area contributed by atoms with Crippen LogP contribution in [0.1, 0.15) is 65.5 Å². The number of benzene rings is 4. The van der Waals surface area contributed by atoms with Crippen molar-refractivity contribution in [2.24, 2.45) is 5.92 Å². The van der Waals surface area contributed by atoms with Crippen molar-refractivity contribution in [3.05, 3.63) is 143 Å². The lowest BCUT2D eigenvalue weighted by Gasteiger charge is -2.46. The third-order valence-electron chi connectivity index (χ3n) is 10.3. The SMILES string of the molecule is c1ccc(CO[C@H]2[C@@H](OCC3CCCCC3)O[C@@H]3COCc4ccccc4CCc4ccccc4CO[C@H]2[C@@H]3OCc2ccccc2)cc1. The number of hydrogen-bond acceptors (Lipinski definition) is 6. The Morgan fingerprint density at radius 2 is 1.10 bits per heavy atom. The molecule has 0 unspecified atom stereocenters. The van der Waals surface area contributed by atoms with Gasteiger partial charge in [0.05, 0.1) is 39.6 Å². The van der Waals surface area contributed by atoms with Crippen LogP contribution < -0.4 is 0 Å². The predicted molar refractivity (Wildman–Crippen MR) is 190 cm³/mol. The van der Waals surface area contributed by atoms with Crippen LogP contribution in [0.4, 0.5) is 0 Å². The Morgan fingerprint density at radius 1 is 0.551 bits per heavy atom. The molecule has 0 N–H and O–H groups in total. The molecule has 0 radical (unpaired) electrons. The van der Waals surface area contributed by atoms with E-state index in [-0.39, 0.29) is 0 Å². The van der Waals surface area contributed by atoms with E-state index in [0.717, 1.165) is 24.0 Å². The van der Waals surface area contributed by atoms with Crippen LogP contribution in [0.2, 0.25) is 0 Å². The molecule has 0 amide bonds. The first-order chi connectivity index (χ1) is 24.3. The Labute approximate surface area is 291 Å². The summed E-state index contributed by atoms with van der Waals surface area (Å²) in [4.78, 5) is 0. The van der Waals surface area contributed by atoms with Gasteiger partial charge in [0.15, 0.2) is 6.29 Å². The monoisotopic (exact) mass is 662 g/mol. The molecule has 6 nitrogen and oxygen atoms in total. The van der Waals surface area contributed by atoms with Crippen LogP contribution in [-0.2, 0) is 67.7 Å². The Hall–Kier alpha value is -3.36. The lowest BCUT2D eigenvalue weighted by molar-refractivity contribution is -0.330. The minimum atomic E-state index is -0.628. The fraction of sp³-hybridized carbons (Fsp3) is 0.442. The minimum absolute atomic E-state index is 0.346. The van der Waals surface area contributed by atoms with Crippen LogP contribution in [0.5, 0.6) is 0 Å². The number of ether oxygens (including phenoxy) is 6. The number of fused-ring (bicyclic) bond motifs is 4. The summed E-state index contributed by atoms with van der Waals surface area (Å²) in [6, 6.07) is 37.8. The molecule has 2 heterocycles. The molecule has 2 bridgehead atoms. The molecule has 258 valence electrons. The van der Waals surface area contributed by atoms with E-state index in [1.807, 2.05) is 36.4 Å². The molecule has 1 saturated carbocycles. The van der Waals surface area contributed by atoms with Gasteiger partial charge in [-0.25, -0.2) is 0 Å². The fourth-order valence-electron chi connectivity index (χ4n) is 7.46. The molecule has 0 spiro atoms. The van der Waals surface area contributed by atoms with E-state index < -0.39 is 30.7 Å². The molecular weight excluding hydrogens is 612 g/mol. The summed E-state index contributed by atoms with van der Waals surface area (Å²) in [6.45, 7) is 2.75. The minimum Gasteiger partial charge on any atom is -0.374 e. The highest BCUT2D eigenvalue weighted by Gasteiger charge is 2.49. The predicted octanol–water partition coefficient (Wildman–Crippen LogP) is 8.38. The van der Waals surface area contributed by atoms with Crippen molar-refractivity contribution < 1.29 is 28.4 Å². The van der Waals surface area contributed by atoms with Crippen molar-refractivity contribution in [1.29, 1.82) is 0 Å². The molecule has 49 heavy (non-hydrogen) atoms. The Morgan fingerprint density at radius 3 is 1.73 bits per heavy atom. The van der Waals surface area contributed by atoms with Gasteiger partial charge in [0.1, 0.15) is 24.4 Å². The van der Waals surface area contributed by atoms with Gasteiger partial charge in [-0.15, -0.1) is 0 Å². The van der Waals surface area contributed by atoms with E-state index in [4.69, 9.17) is 28.4 Å². The van der Waals surface area contributed by atoms with Gasteiger partial charge in [-0.05, 0) is 65.0 Å². The maximum absolute atomic E-state index is 7.01. The summed E-state index contributed by atoms with van der Waals surface area (Å²) < 4.78 is 40.7. The lowest BCUT2D eigenvalue weighted by Crippen LogP contribution is -2.62. The zero-order chi connectivity index (χ0) is 33.1. The van der Waals surface area contributed by atoms with Crippen molar-refractivity contribution >= 4 is 0 Å². The number of rotatable bonds is 9. The number of hydrogen-bond donors (Lipinski definition) is 0. The zero-order valence-electron chi connectivity index (χ0n) is 28.5. The van der Waals surface area contributed by atoms with E-state index in [1.54, 1.807) is 0 Å². The second-order valence-electron chi connectivity index (χ2n) is 13.7. The Kier molecular flexibility index (Phi) is 12.2. The highest BCUT2D eigenvalue weighted by molar-refractivity contribution is 5.31. The molecule has 7 rings (SSSR count). The first kappa shape index (κ1) is 34.1. The van der Waals surface area contributed by atoms with Crippen LogP contribution in [0.25, 0.3) is 0 Å². The van der Waals surface area contributed by atoms with Gasteiger partial charge in [0, 0.05) is 0 Å². The van der Waals surface area contributed by atoms with Crippen LogP contribution in [0.3, 0.4) is 0 Å². The lowest BCUT2D eigenvalue weighted by atomic mass is 9.90. The molecule has 4 aromatic carbocycles. The standard InChI is InChI=1S/C43H50O6/c1-4-14-32(15-5-1)26-45-40-39-31-44-29-37-22-12-10-20-35(37)24-25-36-21-11-13-23-38(36)30-47-41(40)42(46-27-33-16-6-2-7-17-33)43(49-39)48-28-34-18-8-3-9-19-34/h1-2,4-7,10-17,20-23,34,39-43H,3,8-9,18-19,24-31H2/t39-,40-,41+,42-,43+/m1/s1. The van der Waals surface area contributed by atoms with Gasteiger partial charge in [0.25, 0.3) is 0 Å². The van der Waals surface area contributed by atoms with Gasteiger partial charge < -0.3 is 28.4 Å². The van der Waals surface area contributed by atoms with Gasteiger partial charge in [-0.1, -0.05) is 128 Å². The van der Waals surface area contributed by atoms with E-state index >= 15 is 0 Å². The van der Waals surface area contributed by atoms with Crippen molar-refractivity contribution in [2.45, 2.75) is 102 Å². The molecule has 5 atom stereocenters. The van der Waals surface area contributed by atoms with Gasteiger partial charge in [-0.2, -0.15) is 0 Å². The summed E-state index contributed by atoms with van der Waals surface area (Å²) in [7, 11) is 0. The molecule has 2 aliphatic heterocycles. The summed E-state index contributed by atoms with van der Waals surface area (Å²) in [6.07, 6.45) is 5.56. The fourth-order valence-corrected chi connectivity index (χ4v) is 7.46. The maximum atomic E-state index is 7.01. The summed E-state index contributed by atoms with van der Waals surface area (Å²) >= 11 is 0. The molecule has 1 aliphatic carbocycles. The largest absolute Gasteiger partial charge is 0.374 e. The highest BCUT2D eigenvalue weighted by atomic mass is 16.7. The average Bonchev–Trinajstić information content (AvgIpc) is 3.16. The van der Waals surface area contributed by atoms with Crippen LogP contribution in [0.15, 0.2) is 109 Å². The smallest absolute Gasteiger partial charge is 0.186 e. The first-order valence-corrected chi connectivity index (χ1v) is 18.2. The van der Waals surface area contributed by atoms with Crippen molar-refractivity contribution in [1.82, 2.24) is 0 Å². The van der Waals surface area contributed by atoms with Crippen LogP contribution >= 0.6 is 0 Å². The van der Waals surface area contributed by atoms with E-state index in [2.05, 4.69) is 72.8 Å². The normalized spacial score (nSPS) is 25.1. The summed E-state index contributed by atoms with van der Waals surface area (Å²) in [5, 5.41) is 0. The third-order valence-corrected chi connectivity index (χ3v) is 10.3. The van der Waals surface area contributed by atoms with E-state index in [0.29, 0.717) is 45.6 Å². The van der Waals surface area contributed by atoms with Crippen molar-refractivity contribution in [3.63, 3.8) is 0 Å². The van der Waals surface area contributed by atoms with Gasteiger partial charge in [-0.3, -0.25) is 0 Å². The van der Waals surface area contributed by atoms with Crippen molar-refractivity contribution in [2.75, 3.05) is 13.2 Å². The second-order valence-corrected chi connectivity index (χ2v) is 13.7. The molecule has 1 saturated heterocycles. The zero-order valence-corrected chi connectivity index (χ0v) is 28.5. The third kappa shape index (κ3) is 9.26. The Bertz CT molecular complexity index is 1560. The quantitative estimate of drug-likeness (QED) is 0.180. The van der Waals surface area contributed by atoms with Crippen LogP contribution in [-0.4, -0.2) is 43.9 Å². The van der Waals surface area contributed by atoms with Crippen LogP contribution in [0, 0.1) is 5.92 Å². The molecule has 6 heteroatoms. The summed E-state index contributed by atoms with van der Waals surface area (Å²) in [5.41, 5.74) is 7.15. The first-order valence-electron chi connectivity index (χ1n) is 18.2. The van der Waals surface area contributed by atoms with Crippen molar-refractivity contribution in [3.8, 4) is 0 Å². The second kappa shape index (κ2) is 17.5. The topological polar surface area (TPSA) is 55.4 Å². The van der Waals surface area contributed by atoms with E-state index in [9.17, 15) is 0 Å². The number of aryl methyl sites for hydroxylation is 2. The van der Waals surface area contributed by atoms with Gasteiger partial charge >= 0.3 is 0 Å².